The minimum atomic E-state index is -3.48. The summed E-state index contributed by atoms with van der Waals surface area (Å²) < 4.78 is 26.8. The lowest BCUT2D eigenvalue weighted by Crippen LogP contribution is -2.33. The van der Waals surface area contributed by atoms with Crippen LogP contribution in [0.5, 0.6) is 0 Å². The Labute approximate surface area is 126 Å². The molecular weight excluding hydrogens is 288 g/mol. The van der Waals surface area contributed by atoms with Crippen molar-refractivity contribution in [3.8, 4) is 0 Å². The van der Waals surface area contributed by atoms with Gasteiger partial charge in [-0.3, -0.25) is 0 Å². The smallest absolute Gasteiger partial charge is 0.207 e. The summed E-state index contributed by atoms with van der Waals surface area (Å²) in [5.41, 5.74) is 8.77. The van der Waals surface area contributed by atoms with E-state index in [1.54, 1.807) is 4.31 Å². The van der Waals surface area contributed by atoms with Gasteiger partial charge < -0.3 is 0 Å². The van der Waals surface area contributed by atoms with Crippen LogP contribution in [0.15, 0.2) is 34.3 Å². The summed E-state index contributed by atoms with van der Waals surface area (Å²) in [6.45, 7) is 5.16. The molecule has 0 unspecified atom stereocenters. The molecule has 0 amide bonds. The summed E-state index contributed by atoms with van der Waals surface area (Å²) >= 11 is 0. The van der Waals surface area contributed by atoms with E-state index in [0.29, 0.717) is 18.8 Å². The SMILES string of the molecule is CCCCN(CCCC)S(=O)(=O)c1ccc(N=[N+]=[N-])cc1. The van der Waals surface area contributed by atoms with Crippen molar-refractivity contribution in [2.24, 2.45) is 5.11 Å². The molecule has 21 heavy (non-hydrogen) atoms. The van der Waals surface area contributed by atoms with E-state index in [1.807, 2.05) is 13.8 Å². The van der Waals surface area contributed by atoms with E-state index >= 15 is 0 Å². The van der Waals surface area contributed by atoms with Crippen LogP contribution in [0, 0.1) is 0 Å². The standard InChI is InChI=1S/C14H22N4O2S/c1-3-5-11-18(12-6-4-2)21(19,20)14-9-7-13(8-10-14)16-17-15/h7-10H,3-6,11-12H2,1-2H3. The van der Waals surface area contributed by atoms with Gasteiger partial charge in [0.25, 0.3) is 0 Å². The second kappa shape index (κ2) is 8.67. The number of benzene rings is 1. The molecule has 0 aliphatic heterocycles. The van der Waals surface area contributed by atoms with Crippen LogP contribution in [-0.2, 0) is 10.0 Å². The van der Waals surface area contributed by atoms with Crippen molar-refractivity contribution in [1.82, 2.24) is 4.31 Å². The molecule has 0 N–H and O–H groups in total. The maximum Gasteiger partial charge on any atom is 0.243 e. The number of unbranched alkanes of at least 4 members (excludes halogenated alkanes) is 2. The summed E-state index contributed by atoms with van der Waals surface area (Å²) in [5, 5.41) is 3.45. The maximum atomic E-state index is 12.6. The molecule has 0 radical (unpaired) electrons. The minimum absolute atomic E-state index is 0.242. The lowest BCUT2D eigenvalue weighted by Gasteiger charge is -2.22. The van der Waals surface area contributed by atoms with E-state index in [9.17, 15) is 8.42 Å². The Morgan fingerprint density at radius 3 is 2.05 bits per heavy atom. The minimum Gasteiger partial charge on any atom is -0.207 e. The van der Waals surface area contributed by atoms with Crippen molar-refractivity contribution in [2.45, 2.75) is 44.4 Å². The van der Waals surface area contributed by atoms with E-state index in [0.717, 1.165) is 25.7 Å². The first-order chi connectivity index (χ1) is 10.1. The van der Waals surface area contributed by atoms with E-state index in [-0.39, 0.29) is 4.90 Å². The molecule has 1 rings (SSSR count). The normalized spacial score (nSPS) is 11.4. The largest absolute Gasteiger partial charge is 0.243 e. The molecule has 0 spiro atoms. The first-order valence-corrected chi connectivity index (χ1v) is 8.65. The van der Waals surface area contributed by atoms with Gasteiger partial charge in [-0.2, -0.15) is 4.31 Å². The number of nitrogens with zero attached hydrogens (tertiary/aromatic N) is 4. The van der Waals surface area contributed by atoms with Gasteiger partial charge in [-0.15, -0.1) is 0 Å². The molecule has 0 bridgehead atoms. The van der Waals surface area contributed by atoms with E-state index in [2.05, 4.69) is 10.0 Å². The van der Waals surface area contributed by atoms with Gasteiger partial charge in [0.05, 0.1) is 4.90 Å². The molecule has 0 aliphatic rings. The summed E-state index contributed by atoms with van der Waals surface area (Å²) in [6.07, 6.45) is 3.60. The summed E-state index contributed by atoms with van der Waals surface area (Å²) in [7, 11) is -3.48. The predicted molar refractivity (Wildman–Crippen MR) is 83.8 cm³/mol. The van der Waals surface area contributed by atoms with Gasteiger partial charge in [0, 0.05) is 23.7 Å². The average Bonchev–Trinajstić information content (AvgIpc) is 2.48. The van der Waals surface area contributed by atoms with Gasteiger partial charge in [0.15, 0.2) is 0 Å². The summed E-state index contributed by atoms with van der Waals surface area (Å²) in [4.78, 5) is 2.92. The molecule has 7 heteroatoms. The van der Waals surface area contributed by atoms with Crippen molar-refractivity contribution in [2.75, 3.05) is 13.1 Å². The zero-order valence-electron chi connectivity index (χ0n) is 12.6. The average molecular weight is 310 g/mol. The molecule has 0 aliphatic carbocycles. The maximum absolute atomic E-state index is 12.6. The van der Waals surface area contributed by atoms with E-state index in [1.165, 1.54) is 24.3 Å². The molecular formula is C14H22N4O2S. The highest BCUT2D eigenvalue weighted by Gasteiger charge is 2.23. The van der Waals surface area contributed by atoms with Crippen LogP contribution < -0.4 is 0 Å². The number of sulfonamides is 1. The van der Waals surface area contributed by atoms with Gasteiger partial charge in [0.1, 0.15) is 0 Å². The fourth-order valence-electron chi connectivity index (χ4n) is 1.91. The second-order valence-corrected chi connectivity index (χ2v) is 6.73. The lowest BCUT2D eigenvalue weighted by atomic mass is 10.3. The fourth-order valence-corrected chi connectivity index (χ4v) is 3.42. The summed E-state index contributed by atoms with van der Waals surface area (Å²) in [6, 6.07) is 6.02. The highest BCUT2D eigenvalue weighted by atomic mass is 32.2. The Hall–Kier alpha value is -1.56. The van der Waals surface area contributed by atoms with Gasteiger partial charge in [-0.05, 0) is 30.5 Å². The van der Waals surface area contributed by atoms with Crippen molar-refractivity contribution < 1.29 is 8.42 Å². The Kier molecular flexibility index (Phi) is 7.22. The Balaban J connectivity index is 2.99. The van der Waals surface area contributed by atoms with Crippen molar-refractivity contribution >= 4 is 15.7 Å². The quantitative estimate of drug-likeness (QED) is 0.388. The molecule has 0 saturated carbocycles. The van der Waals surface area contributed by atoms with Crippen molar-refractivity contribution in [1.29, 1.82) is 0 Å². The predicted octanol–water partition coefficient (Wildman–Crippen LogP) is 4.22. The Morgan fingerprint density at radius 1 is 1.10 bits per heavy atom. The number of hydrogen-bond acceptors (Lipinski definition) is 3. The van der Waals surface area contributed by atoms with Crippen LogP contribution in [0.3, 0.4) is 0 Å². The topological polar surface area (TPSA) is 86.1 Å². The number of hydrogen-bond donors (Lipinski definition) is 0. The van der Waals surface area contributed by atoms with Crippen LogP contribution in [0.25, 0.3) is 10.4 Å². The van der Waals surface area contributed by atoms with Gasteiger partial charge in [-0.25, -0.2) is 8.42 Å². The van der Waals surface area contributed by atoms with Crippen LogP contribution in [0.2, 0.25) is 0 Å². The number of rotatable bonds is 9. The van der Waals surface area contributed by atoms with Crippen molar-refractivity contribution in [3.63, 3.8) is 0 Å². The second-order valence-electron chi connectivity index (χ2n) is 4.79. The van der Waals surface area contributed by atoms with E-state index in [4.69, 9.17) is 5.53 Å². The van der Waals surface area contributed by atoms with Gasteiger partial charge >= 0.3 is 0 Å². The molecule has 0 atom stereocenters. The third kappa shape index (κ3) is 5.04. The van der Waals surface area contributed by atoms with Crippen molar-refractivity contribution in [3.05, 3.63) is 34.7 Å². The fraction of sp³-hybridized carbons (Fsp3) is 0.571. The molecule has 0 saturated heterocycles. The molecule has 6 nitrogen and oxygen atoms in total. The first-order valence-electron chi connectivity index (χ1n) is 7.21. The molecule has 0 fully saturated rings. The van der Waals surface area contributed by atoms with Gasteiger partial charge in [0.2, 0.25) is 10.0 Å². The van der Waals surface area contributed by atoms with Crippen LogP contribution in [0.4, 0.5) is 5.69 Å². The first kappa shape index (κ1) is 17.5. The molecule has 0 heterocycles. The van der Waals surface area contributed by atoms with Crippen LogP contribution in [0.1, 0.15) is 39.5 Å². The highest BCUT2D eigenvalue weighted by Crippen LogP contribution is 2.21. The molecule has 1 aromatic carbocycles. The molecule has 1 aromatic rings. The Morgan fingerprint density at radius 2 is 1.62 bits per heavy atom. The number of azide groups is 1. The highest BCUT2D eigenvalue weighted by molar-refractivity contribution is 7.89. The monoisotopic (exact) mass is 310 g/mol. The third-order valence-corrected chi connectivity index (χ3v) is 5.07. The lowest BCUT2D eigenvalue weighted by molar-refractivity contribution is 0.395. The van der Waals surface area contributed by atoms with Crippen LogP contribution >= 0.6 is 0 Å². The Bertz CT molecular complexity index is 569. The molecule has 0 aromatic heterocycles. The van der Waals surface area contributed by atoms with Crippen LogP contribution in [-0.4, -0.2) is 25.8 Å². The summed E-state index contributed by atoms with van der Waals surface area (Å²) in [5.74, 6) is 0. The zero-order chi connectivity index (χ0) is 15.7. The third-order valence-electron chi connectivity index (χ3n) is 3.16. The molecule has 116 valence electrons. The van der Waals surface area contributed by atoms with Gasteiger partial charge in [-0.1, -0.05) is 43.9 Å². The van der Waals surface area contributed by atoms with E-state index < -0.39 is 10.0 Å². The zero-order valence-corrected chi connectivity index (χ0v) is 13.4.